The summed E-state index contributed by atoms with van der Waals surface area (Å²) in [4.78, 5) is 4.29. The van der Waals surface area contributed by atoms with Crippen LogP contribution in [0, 0.1) is 0 Å². The molecule has 0 unspecified atom stereocenters. The molecule has 0 amide bonds. The number of aromatic hydroxyl groups is 1. The zero-order chi connectivity index (χ0) is 12.4. The lowest BCUT2D eigenvalue weighted by Crippen LogP contribution is -2.01. The number of phenols is 1. The summed E-state index contributed by atoms with van der Waals surface area (Å²) >= 11 is 0. The Morgan fingerprint density at radius 3 is 2.78 bits per heavy atom. The highest BCUT2D eigenvalue weighted by molar-refractivity contribution is 5.87. The molecule has 0 saturated carbocycles. The average molecular weight is 240 g/mol. The maximum Gasteiger partial charge on any atom is 0.139 e. The molecule has 2 aromatic heterocycles. The lowest BCUT2D eigenvalue weighted by atomic mass is 10.2. The van der Waals surface area contributed by atoms with Crippen LogP contribution in [0.5, 0.6) is 5.75 Å². The third kappa shape index (κ3) is 2.00. The number of nitrogens with zero attached hydrogens (tertiary/aromatic N) is 1. The second-order valence-corrected chi connectivity index (χ2v) is 4.01. The summed E-state index contributed by atoms with van der Waals surface area (Å²) in [5, 5.41) is 13.4. The Labute approximate surface area is 104 Å². The summed E-state index contributed by atoms with van der Waals surface area (Å²) in [5.41, 5.74) is 1.90. The van der Waals surface area contributed by atoms with Gasteiger partial charge in [0.1, 0.15) is 17.2 Å². The van der Waals surface area contributed by atoms with E-state index >= 15 is 0 Å². The van der Waals surface area contributed by atoms with Gasteiger partial charge in [-0.15, -0.1) is 0 Å². The molecule has 3 aromatic rings. The molecule has 0 saturated heterocycles. The van der Waals surface area contributed by atoms with Gasteiger partial charge in [-0.3, -0.25) is 0 Å². The van der Waals surface area contributed by atoms with Gasteiger partial charge in [0.25, 0.3) is 0 Å². The summed E-state index contributed by atoms with van der Waals surface area (Å²) in [5.74, 6) is 1.07. The Morgan fingerprint density at radius 1 is 1.11 bits per heavy atom. The standard InChI is InChI=1S/C14H12N2O2/c17-11-3-1-10(2-4-11)9-16-14-12-6-8-18-13(12)5-7-15-14/h1-8,17H,9H2,(H,15,16). The fraction of sp³-hybridized carbons (Fsp3) is 0.0714. The van der Waals surface area contributed by atoms with E-state index in [4.69, 9.17) is 4.42 Å². The molecule has 1 aromatic carbocycles. The van der Waals surface area contributed by atoms with Crippen LogP contribution in [-0.2, 0) is 6.54 Å². The van der Waals surface area contributed by atoms with Crippen molar-refractivity contribution in [3.63, 3.8) is 0 Å². The van der Waals surface area contributed by atoms with Crippen LogP contribution in [0.3, 0.4) is 0 Å². The van der Waals surface area contributed by atoms with Gasteiger partial charge in [-0.2, -0.15) is 0 Å². The SMILES string of the molecule is Oc1ccc(CNc2nccc3occc23)cc1. The topological polar surface area (TPSA) is 58.3 Å². The largest absolute Gasteiger partial charge is 0.508 e. The van der Waals surface area contributed by atoms with E-state index in [0.717, 1.165) is 22.4 Å². The zero-order valence-electron chi connectivity index (χ0n) is 9.63. The highest BCUT2D eigenvalue weighted by Gasteiger charge is 2.04. The van der Waals surface area contributed by atoms with Crippen LogP contribution in [0.15, 0.2) is 53.3 Å². The van der Waals surface area contributed by atoms with Crippen molar-refractivity contribution in [3.8, 4) is 5.75 Å². The van der Waals surface area contributed by atoms with Gasteiger partial charge in [-0.05, 0) is 29.8 Å². The Bertz CT molecular complexity index is 659. The number of hydrogen-bond acceptors (Lipinski definition) is 4. The van der Waals surface area contributed by atoms with Gasteiger partial charge in [0.15, 0.2) is 0 Å². The lowest BCUT2D eigenvalue weighted by molar-refractivity contribution is 0.475. The van der Waals surface area contributed by atoms with Crippen molar-refractivity contribution in [2.24, 2.45) is 0 Å². The fourth-order valence-electron chi connectivity index (χ4n) is 1.84. The number of furan rings is 1. The summed E-state index contributed by atoms with van der Waals surface area (Å²) in [6, 6.07) is 10.8. The van der Waals surface area contributed by atoms with Crippen molar-refractivity contribution in [2.45, 2.75) is 6.54 Å². The molecular weight excluding hydrogens is 228 g/mol. The zero-order valence-corrected chi connectivity index (χ0v) is 9.63. The van der Waals surface area contributed by atoms with Crippen LogP contribution in [0.2, 0.25) is 0 Å². The van der Waals surface area contributed by atoms with E-state index in [1.165, 1.54) is 0 Å². The van der Waals surface area contributed by atoms with Gasteiger partial charge in [0.05, 0.1) is 11.6 Å². The number of benzene rings is 1. The third-order valence-electron chi connectivity index (χ3n) is 2.78. The van der Waals surface area contributed by atoms with Crippen LogP contribution >= 0.6 is 0 Å². The number of phenolic OH excluding ortho intramolecular Hbond substituents is 1. The van der Waals surface area contributed by atoms with Gasteiger partial charge >= 0.3 is 0 Å². The van der Waals surface area contributed by atoms with Crippen molar-refractivity contribution in [1.29, 1.82) is 0 Å². The van der Waals surface area contributed by atoms with E-state index in [1.54, 1.807) is 24.6 Å². The molecule has 0 atom stereocenters. The quantitative estimate of drug-likeness (QED) is 0.738. The molecular formula is C14H12N2O2. The van der Waals surface area contributed by atoms with Crippen LogP contribution < -0.4 is 5.32 Å². The third-order valence-corrected chi connectivity index (χ3v) is 2.78. The molecule has 0 spiro atoms. The maximum atomic E-state index is 9.21. The molecule has 0 aliphatic rings. The van der Waals surface area contributed by atoms with Crippen LogP contribution in [0.4, 0.5) is 5.82 Å². The molecule has 0 radical (unpaired) electrons. The minimum absolute atomic E-state index is 0.272. The molecule has 2 N–H and O–H groups in total. The summed E-state index contributed by atoms with van der Waals surface area (Å²) in [7, 11) is 0. The highest BCUT2D eigenvalue weighted by Crippen LogP contribution is 2.22. The summed E-state index contributed by atoms with van der Waals surface area (Å²) in [6.45, 7) is 0.650. The molecule has 0 aliphatic carbocycles. The number of nitrogens with one attached hydrogen (secondary N) is 1. The van der Waals surface area contributed by atoms with E-state index < -0.39 is 0 Å². The number of hydrogen-bond donors (Lipinski definition) is 2. The van der Waals surface area contributed by atoms with E-state index in [-0.39, 0.29) is 5.75 Å². The van der Waals surface area contributed by atoms with E-state index in [1.807, 2.05) is 24.3 Å². The first-order valence-corrected chi connectivity index (χ1v) is 5.67. The normalized spacial score (nSPS) is 10.7. The van der Waals surface area contributed by atoms with Gasteiger partial charge < -0.3 is 14.8 Å². The smallest absolute Gasteiger partial charge is 0.139 e. The molecule has 4 nitrogen and oxygen atoms in total. The molecule has 4 heteroatoms. The molecule has 90 valence electrons. The Kier molecular flexibility index (Phi) is 2.61. The second kappa shape index (κ2) is 4.41. The number of anilines is 1. The minimum atomic E-state index is 0.272. The van der Waals surface area contributed by atoms with Gasteiger partial charge in [0, 0.05) is 12.7 Å². The minimum Gasteiger partial charge on any atom is -0.508 e. The number of fused-ring (bicyclic) bond motifs is 1. The van der Waals surface area contributed by atoms with Crippen molar-refractivity contribution in [3.05, 3.63) is 54.4 Å². The van der Waals surface area contributed by atoms with Crippen molar-refractivity contribution >= 4 is 16.8 Å². The molecule has 0 aliphatic heterocycles. The first-order chi connectivity index (χ1) is 8.83. The lowest BCUT2D eigenvalue weighted by Gasteiger charge is -2.06. The van der Waals surface area contributed by atoms with Crippen LogP contribution in [0.25, 0.3) is 11.0 Å². The molecule has 3 rings (SSSR count). The van der Waals surface area contributed by atoms with Crippen LogP contribution in [-0.4, -0.2) is 10.1 Å². The van der Waals surface area contributed by atoms with E-state index in [0.29, 0.717) is 6.54 Å². The molecule has 2 heterocycles. The monoisotopic (exact) mass is 240 g/mol. The number of pyridine rings is 1. The Hall–Kier alpha value is -2.49. The molecule has 18 heavy (non-hydrogen) atoms. The predicted molar refractivity (Wildman–Crippen MR) is 69.4 cm³/mol. The van der Waals surface area contributed by atoms with Crippen molar-refractivity contribution in [1.82, 2.24) is 4.98 Å². The van der Waals surface area contributed by atoms with Gasteiger partial charge in [0.2, 0.25) is 0 Å². The average Bonchev–Trinajstić information content (AvgIpc) is 2.87. The second-order valence-electron chi connectivity index (χ2n) is 4.01. The summed E-state index contributed by atoms with van der Waals surface area (Å²) in [6.07, 6.45) is 3.36. The molecule has 0 fully saturated rings. The highest BCUT2D eigenvalue weighted by atomic mass is 16.3. The number of rotatable bonds is 3. The molecule has 0 bridgehead atoms. The van der Waals surface area contributed by atoms with Crippen LogP contribution in [0.1, 0.15) is 5.56 Å². The first-order valence-electron chi connectivity index (χ1n) is 5.67. The number of aromatic nitrogens is 1. The summed E-state index contributed by atoms with van der Waals surface area (Å²) < 4.78 is 5.31. The van der Waals surface area contributed by atoms with Gasteiger partial charge in [-0.25, -0.2) is 4.98 Å². The van der Waals surface area contributed by atoms with E-state index in [9.17, 15) is 5.11 Å². The van der Waals surface area contributed by atoms with Crippen molar-refractivity contribution in [2.75, 3.05) is 5.32 Å². The van der Waals surface area contributed by atoms with E-state index in [2.05, 4.69) is 10.3 Å². The Balaban J connectivity index is 1.80. The maximum absolute atomic E-state index is 9.21. The Morgan fingerprint density at radius 2 is 1.94 bits per heavy atom. The first kappa shape index (κ1) is 10.7. The van der Waals surface area contributed by atoms with Gasteiger partial charge in [-0.1, -0.05) is 12.1 Å². The predicted octanol–water partition coefficient (Wildman–Crippen LogP) is 3.15. The van der Waals surface area contributed by atoms with Crippen molar-refractivity contribution < 1.29 is 9.52 Å². The fourth-order valence-corrected chi connectivity index (χ4v) is 1.84.